The molecule has 0 aromatic carbocycles. The van der Waals surface area contributed by atoms with E-state index in [1.807, 2.05) is 26.8 Å². The lowest BCUT2D eigenvalue weighted by atomic mass is 10.2. The van der Waals surface area contributed by atoms with E-state index in [1.165, 1.54) is 0 Å². The summed E-state index contributed by atoms with van der Waals surface area (Å²) < 4.78 is 0. The molecule has 0 bridgehead atoms. The number of hydrazine groups is 1. The van der Waals surface area contributed by atoms with Crippen LogP contribution < -0.4 is 11.3 Å². The zero-order valence-corrected chi connectivity index (χ0v) is 12.0. The van der Waals surface area contributed by atoms with Crippen molar-refractivity contribution < 1.29 is 0 Å². The van der Waals surface area contributed by atoms with E-state index in [-0.39, 0.29) is 0 Å². The first-order chi connectivity index (χ1) is 9.10. The van der Waals surface area contributed by atoms with Gasteiger partial charge in [0.1, 0.15) is 0 Å². The van der Waals surface area contributed by atoms with Crippen molar-refractivity contribution in [1.29, 1.82) is 0 Å². The predicted molar refractivity (Wildman–Crippen MR) is 75.6 cm³/mol. The molecule has 0 saturated carbocycles. The van der Waals surface area contributed by atoms with Crippen LogP contribution in [-0.4, -0.2) is 19.9 Å². The molecule has 0 aliphatic carbocycles. The molecular formula is C12H16N6S. The standard InChI is InChI=1S/C12H16N6S/c1-7-8(2)15-12(16-9(7)3)19-6-10-4-5-14-11(17-10)18-13/h4-5H,6,13H2,1-3H3,(H,14,17,18). The second-order valence-electron chi connectivity index (χ2n) is 4.11. The Morgan fingerprint density at radius 3 is 2.47 bits per heavy atom. The van der Waals surface area contributed by atoms with Gasteiger partial charge in [-0.25, -0.2) is 25.8 Å². The van der Waals surface area contributed by atoms with E-state index in [1.54, 1.807) is 18.0 Å². The van der Waals surface area contributed by atoms with Crippen LogP contribution in [0.3, 0.4) is 0 Å². The van der Waals surface area contributed by atoms with Crippen LogP contribution in [0, 0.1) is 20.8 Å². The van der Waals surface area contributed by atoms with Crippen molar-refractivity contribution in [3.8, 4) is 0 Å². The van der Waals surface area contributed by atoms with Gasteiger partial charge in [-0.15, -0.1) is 0 Å². The fourth-order valence-corrected chi connectivity index (χ4v) is 2.33. The molecule has 0 fully saturated rings. The number of aromatic nitrogens is 4. The molecule has 100 valence electrons. The van der Waals surface area contributed by atoms with Crippen molar-refractivity contribution in [3.63, 3.8) is 0 Å². The highest BCUT2D eigenvalue weighted by molar-refractivity contribution is 7.98. The van der Waals surface area contributed by atoms with Gasteiger partial charge in [-0.05, 0) is 32.4 Å². The monoisotopic (exact) mass is 276 g/mol. The van der Waals surface area contributed by atoms with Crippen molar-refractivity contribution in [1.82, 2.24) is 19.9 Å². The van der Waals surface area contributed by atoms with Crippen molar-refractivity contribution in [3.05, 3.63) is 34.9 Å². The van der Waals surface area contributed by atoms with Gasteiger partial charge in [-0.2, -0.15) is 0 Å². The van der Waals surface area contributed by atoms with Crippen molar-refractivity contribution in [2.75, 3.05) is 5.43 Å². The molecule has 0 spiro atoms. The molecule has 2 aromatic heterocycles. The fraction of sp³-hybridized carbons (Fsp3) is 0.333. The molecule has 2 aromatic rings. The summed E-state index contributed by atoms with van der Waals surface area (Å²) in [6.07, 6.45) is 1.67. The maximum atomic E-state index is 5.28. The molecule has 2 heterocycles. The Labute approximate surface area is 116 Å². The van der Waals surface area contributed by atoms with E-state index < -0.39 is 0 Å². The van der Waals surface area contributed by atoms with E-state index >= 15 is 0 Å². The minimum Gasteiger partial charge on any atom is -0.292 e. The number of aryl methyl sites for hydroxylation is 2. The molecule has 3 N–H and O–H groups in total. The largest absolute Gasteiger partial charge is 0.292 e. The van der Waals surface area contributed by atoms with Crippen LogP contribution in [0.25, 0.3) is 0 Å². The predicted octanol–water partition coefficient (Wildman–Crippen LogP) is 1.77. The molecule has 0 unspecified atom stereocenters. The van der Waals surface area contributed by atoms with E-state index in [4.69, 9.17) is 5.84 Å². The van der Waals surface area contributed by atoms with Gasteiger partial charge in [0, 0.05) is 23.3 Å². The maximum Gasteiger partial charge on any atom is 0.237 e. The highest BCUT2D eigenvalue weighted by Crippen LogP contribution is 2.20. The van der Waals surface area contributed by atoms with Crippen LogP contribution >= 0.6 is 11.8 Å². The molecule has 7 heteroatoms. The quantitative estimate of drug-likeness (QED) is 0.380. The van der Waals surface area contributed by atoms with Gasteiger partial charge in [0.15, 0.2) is 5.16 Å². The molecule has 2 rings (SSSR count). The number of nitrogens with zero attached hydrogens (tertiary/aromatic N) is 4. The Morgan fingerprint density at radius 2 is 1.84 bits per heavy atom. The van der Waals surface area contributed by atoms with Gasteiger partial charge in [0.25, 0.3) is 0 Å². The van der Waals surface area contributed by atoms with Crippen LogP contribution in [0.15, 0.2) is 17.4 Å². The molecule has 0 saturated heterocycles. The second-order valence-corrected chi connectivity index (χ2v) is 5.05. The van der Waals surface area contributed by atoms with Crippen molar-refractivity contribution in [2.45, 2.75) is 31.7 Å². The number of nitrogens with one attached hydrogen (secondary N) is 1. The summed E-state index contributed by atoms with van der Waals surface area (Å²) in [6, 6.07) is 1.85. The SMILES string of the molecule is Cc1nc(SCc2ccnc(NN)n2)nc(C)c1C. The van der Waals surface area contributed by atoms with Gasteiger partial charge in [-0.3, -0.25) is 5.43 Å². The van der Waals surface area contributed by atoms with E-state index in [0.29, 0.717) is 11.7 Å². The lowest BCUT2D eigenvalue weighted by Gasteiger charge is -2.06. The highest BCUT2D eigenvalue weighted by Gasteiger charge is 2.06. The number of anilines is 1. The third-order valence-electron chi connectivity index (χ3n) is 2.80. The summed E-state index contributed by atoms with van der Waals surface area (Å²) in [4.78, 5) is 17.1. The lowest BCUT2D eigenvalue weighted by Crippen LogP contribution is -2.10. The number of hydrogen-bond acceptors (Lipinski definition) is 7. The summed E-state index contributed by atoms with van der Waals surface area (Å²) >= 11 is 1.55. The molecule has 0 aliphatic heterocycles. The zero-order chi connectivity index (χ0) is 13.8. The lowest BCUT2D eigenvalue weighted by molar-refractivity contribution is 0.880. The van der Waals surface area contributed by atoms with Crippen LogP contribution in [0.1, 0.15) is 22.6 Å². The number of rotatable bonds is 4. The molecule has 19 heavy (non-hydrogen) atoms. The average Bonchev–Trinajstić information content (AvgIpc) is 2.42. The Bertz CT molecular complexity index is 563. The van der Waals surface area contributed by atoms with Gasteiger partial charge in [-0.1, -0.05) is 11.8 Å². The van der Waals surface area contributed by atoms with Gasteiger partial charge >= 0.3 is 0 Å². The fourth-order valence-electron chi connectivity index (χ4n) is 1.49. The molecule has 0 atom stereocenters. The number of thioether (sulfide) groups is 1. The molecular weight excluding hydrogens is 260 g/mol. The third kappa shape index (κ3) is 3.39. The first-order valence-corrected chi connectivity index (χ1v) is 6.82. The van der Waals surface area contributed by atoms with Crippen LogP contribution in [-0.2, 0) is 5.75 Å². The number of nitrogen functional groups attached to an aromatic ring is 1. The second kappa shape index (κ2) is 5.94. The molecule has 0 amide bonds. The summed E-state index contributed by atoms with van der Waals surface area (Å²) in [5, 5.41) is 0.765. The van der Waals surface area contributed by atoms with Gasteiger partial charge in [0.2, 0.25) is 5.95 Å². The first-order valence-electron chi connectivity index (χ1n) is 5.83. The smallest absolute Gasteiger partial charge is 0.237 e. The van der Waals surface area contributed by atoms with Gasteiger partial charge in [0.05, 0.1) is 5.69 Å². The van der Waals surface area contributed by atoms with E-state index in [2.05, 4.69) is 25.4 Å². The molecule has 6 nitrogen and oxygen atoms in total. The zero-order valence-electron chi connectivity index (χ0n) is 11.1. The Kier molecular flexibility index (Phi) is 4.28. The van der Waals surface area contributed by atoms with Gasteiger partial charge < -0.3 is 0 Å². The molecule has 0 aliphatic rings. The Morgan fingerprint density at radius 1 is 1.16 bits per heavy atom. The number of nitrogens with two attached hydrogens (primary N) is 1. The number of hydrogen-bond donors (Lipinski definition) is 2. The topological polar surface area (TPSA) is 89.6 Å². The summed E-state index contributed by atoms with van der Waals surface area (Å²) in [6.45, 7) is 6.02. The normalized spacial score (nSPS) is 10.5. The minimum atomic E-state index is 0.412. The Hall–Kier alpha value is -1.73. The van der Waals surface area contributed by atoms with Crippen LogP contribution in [0.4, 0.5) is 5.95 Å². The average molecular weight is 276 g/mol. The van der Waals surface area contributed by atoms with Crippen molar-refractivity contribution >= 4 is 17.7 Å². The minimum absolute atomic E-state index is 0.412. The maximum absolute atomic E-state index is 5.28. The van der Waals surface area contributed by atoms with Crippen LogP contribution in [0.2, 0.25) is 0 Å². The highest BCUT2D eigenvalue weighted by atomic mass is 32.2. The van der Waals surface area contributed by atoms with Crippen LogP contribution in [0.5, 0.6) is 0 Å². The first kappa shape index (κ1) is 13.7. The van der Waals surface area contributed by atoms with Crippen molar-refractivity contribution in [2.24, 2.45) is 5.84 Å². The van der Waals surface area contributed by atoms with E-state index in [0.717, 1.165) is 27.8 Å². The third-order valence-corrected chi connectivity index (χ3v) is 3.68. The summed E-state index contributed by atoms with van der Waals surface area (Å²) in [5.74, 6) is 6.37. The van der Waals surface area contributed by atoms with E-state index in [9.17, 15) is 0 Å². The summed E-state index contributed by atoms with van der Waals surface area (Å²) in [5.41, 5.74) is 6.48. The Balaban J connectivity index is 2.10. The summed E-state index contributed by atoms with van der Waals surface area (Å²) in [7, 11) is 0. The molecule has 0 radical (unpaired) electrons.